The monoisotopic (exact) mass is 262 g/mol. The zero-order chi connectivity index (χ0) is 13.0. The molecule has 3 nitrogen and oxygen atoms in total. The van der Waals surface area contributed by atoms with Crippen LogP contribution in [0.5, 0.6) is 5.75 Å². The van der Waals surface area contributed by atoms with Crippen LogP contribution >= 0.6 is 11.3 Å². The second-order valence-corrected chi connectivity index (χ2v) is 5.31. The molecule has 0 radical (unpaired) electrons. The van der Waals surface area contributed by atoms with Crippen molar-refractivity contribution < 1.29 is 4.74 Å². The number of rotatable bonds is 5. The molecule has 0 atom stereocenters. The van der Waals surface area contributed by atoms with Crippen molar-refractivity contribution >= 4 is 11.3 Å². The van der Waals surface area contributed by atoms with Crippen molar-refractivity contribution in [3.63, 3.8) is 0 Å². The van der Waals surface area contributed by atoms with Gasteiger partial charge in [0.15, 0.2) is 0 Å². The fourth-order valence-corrected chi connectivity index (χ4v) is 3.01. The van der Waals surface area contributed by atoms with E-state index in [4.69, 9.17) is 10.5 Å². The molecule has 1 aromatic heterocycles. The van der Waals surface area contributed by atoms with Gasteiger partial charge in [0.05, 0.1) is 17.8 Å². The molecule has 0 saturated heterocycles. The summed E-state index contributed by atoms with van der Waals surface area (Å²) in [6.45, 7) is 2.71. The van der Waals surface area contributed by atoms with E-state index < -0.39 is 0 Å². The summed E-state index contributed by atoms with van der Waals surface area (Å²) in [6.07, 6.45) is 1.73. The Labute approximate surface area is 112 Å². The van der Waals surface area contributed by atoms with E-state index in [0.717, 1.165) is 29.3 Å². The smallest absolute Gasteiger partial charge is 0.122 e. The standard InChI is InChI=1S/C14H18N2OS/c1-10-13(18-14(16-10)7-8-15)9-11-5-3-4-6-12(11)17-2/h3-6H,7-9,15H2,1-2H3. The lowest BCUT2D eigenvalue weighted by molar-refractivity contribution is 0.410. The van der Waals surface area contributed by atoms with E-state index in [9.17, 15) is 0 Å². The van der Waals surface area contributed by atoms with Crippen LogP contribution in [0.15, 0.2) is 24.3 Å². The molecule has 0 saturated carbocycles. The Morgan fingerprint density at radius 1 is 1.33 bits per heavy atom. The Kier molecular flexibility index (Phi) is 4.33. The van der Waals surface area contributed by atoms with Crippen LogP contribution in [0.3, 0.4) is 0 Å². The van der Waals surface area contributed by atoms with E-state index in [1.807, 2.05) is 18.2 Å². The molecule has 0 aliphatic carbocycles. The van der Waals surface area contributed by atoms with Crippen LogP contribution in [0, 0.1) is 6.92 Å². The van der Waals surface area contributed by atoms with Gasteiger partial charge in [-0.2, -0.15) is 0 Å². The minimum absolute atomic E-state index is 0.654. The number of hydrogen-bond acceptors (Lipinski definition) is 4. The number of para-hydroxylation sites is 1. The summed E-state index contributed by atoms with van der Waals surface area (Å²) >= 11 is 1.75. The van der Waals surface area contributed by atoms with Crippen molar-refractivity contribution in [2.75, 3.05) is 13.7 Å². The van der Waals surface area contributed by atoms with Crippen LogP contribution in [-0.2, 0) is 12.8 Å². The highest BCUT2D eigenvalue weighted by atomic mass is 32.1. The number of nitrogens with two attached hydrogens (primary N) is 1. The second-order valence-electron chi connectivity index (χ2n) is 4.14. The molecular formula is C14H18N2OS. The number of nitrogens with zero attached hydrogens (tertiary/aromatic N) is 1. The lowest BCUT2D eigenvalue weighted by Crippen LogP contribution is -2.01. The maximum atomic E-state index is 5.56. The van der Waals surface area contributed by atoms with Gasteiger partial charge in [-0.05, 0) is 25.1 Å². The fraction of sp³-hybridized carbons (Fsp3) is 0.357. The number of benzene rings is 1. The van der Waals surface area contributed by atoms with Crippen molar-refractivity contribution in [3.8, 4) is 5.75 Å². The van der Waals surface area contributed by atoms with Crippen LogP contribution in [0.25, 0.3) is 0 Å². The summed E-state index contributed by atoms with van der Waals surface area (Å²) in [5.41, 5.74) is 7.87. The van der Waals surface area contributed by atoms with Crippen molar-refractivity contribution in [2.24, 2.45) is 5.73 Å². The average Bonchev–Trinajstić information content (AvgIpc) is 2.71. The number of methoxy groups -OCH3 is 1. The van der Waals surface area contributed by atoms with Gasteiger partial charge in [-0.25, -0.2) is 4.98 Å². The van der Waals surface area contributed by atoms with E-state index >= 15 is 0 Å². The normalized spacial score (nSPS) is 10.6. The molecule has 0 unspecified atom stereocenters. The topological polar surface area (TPSA) is 48.1 Å². The first-order valence-electron chi connectivity index (χ1n) is 6.01. The first kappa shape index (κ1) is 13.1. The molecule has 0 spiro atoms. The highest BCUT2D eigenvalue weighted by Gasteiger charge is 2.10. The quantitative estimate of drug-likeness (QED) is 0.901. The summed E-state index contributed by atoms with van der Waals surface area (Å²) in [7, 11) is 1.71. The number of thiazole rings is 1. The van der Waals surface area contributed by atoms with Crippen molar-refractivity contribution in [1.82, 2.24) is 4.98 Å². The van der Waals surface area contributed by atoms with Crippen molar-refractivity contribution in [1.29, 1.82) is 0 Å². The lowest BCUT2D eigenvalue weighted by atomic mass is 10.1. The molecule has 0 aliphatic rings. The van der Waals surface area contributed by atoms with E-state index in [2.05, 4.69) is 18.0 Å². The second kappa shape index (κ2) is 5.98. The largest absolute Gasteiger partial charge is 0.496 e. The number of aryl methyl sites for hydroxylation is 1. The van der Waals surface area contributed by atoms with Gasteiger partial charge in [0.2, 0.25) is 0 Å². The van der Waals surface area contributed by atoms with Crippen LogP contribution in [-0.4, -0.2) is 18.6 Å². The maximum absolute atomic E-state index is 5.56. The molecule has 2 N–H and O–H groups in total. The molecule has 0 fully saturated rings. The molecule has 0 bridgehead atoms. The number of ether oxygens (including phenoxy) is 1. The number of hydrogen-bond donors (Lipinski definition) is 1. The zero-order valence-corrected chi connectivity index (χ0v) is 11.6. The van der Waals surface area contributed by atoms with E-state index in [0.29, 0.717) is 6.54 Å². The first-order chi connectivity index (χ1) is 8.74. The molecule has 96 valence electrons. The Hall–Kier alpha value is -1.39. The first-order valence-corrected chi connectivity index (χ1v) is 6.83. The Bertz CT molecular complexity index is 522. The SMILES string of the molecule is COc1ccccc1Cc1sc(CCN)nc1C. The lowest BCUT2D eigenvalue weighted by Gasteiger charge is -2.06. The molecule has 0 amide bonds. The van der Waals surface area contributed by atoms with Gasteiger partial charge >= 0.3 is 0 Å². The van der Waals surface area contributed by atoms with Gasteiger partial charge < -0.3 is 10.5 Å². The summed E-state index contributed by atoms with van der Waals surface area (Å²) in [5, 5.41) is 1.12. The van der Waals surface area contributed by atoms with E-state index in [-0.39, 0.29) is 0 Å². The fourth-order valence-electron chi connectivity index (χ4n) is 1.90. The van der Waals surface area contributed by atoms with Gasteiger partial charge in [-0.15, -0.1) is 11.3 Å². The molecule has 2 aromatic rings. The van der Waals surface area contributed by atoms with Gasteiger partial charge in [-0.1, -0.05) is 18.2 Å². The molecular weight excluding hydrogens is 244 g/mol. The zero-order valence-electron chi connectivity index (χ0n) is 10.8. The molecule has 0 aliphatic heterocycles. The van der Waals surface area contributed by atoms with E-state index in [1.165, 1.54) is 10.4 Å². The minimum atomic E-state index is 0.654. The number of aromatic nitrogens is 1. The van der Waals surface area contributed by atoms with E-state index in [1.54, 1.807) is 18.4 Å². The van der Waals surface area contributed by atoms with Crippen LogP contribution in [0.4, 0.5) is 0 Å². The molecule has 18 heavy (non-hydrogen) atoms. The molecule has 1 aromatic carbocycles. The summed E-state index contributed by atoms with van der Waals surface area (Å²) in [5.74, 6) is 0.936. The minimum Gasteiger partial charge on any atom is -0.496 e. The van der Waals surface area contributed by atoms with Crippen LogP contribution < -0.4 is 10.5 Å². The predicted molar refractivity (Wildman–Crippen MR) is 75.4 cm³/mol. The Morgan fingerprint density at radius 3 is 2.83 bits per heavy atom. The Morgan fingerprint density at radius 2 is 2.11 bits per heavy atom. The summed E-state index contributed by atoms with van der Waals surface area (Å²) in [4.78, 5) is 5.84. The highest BCUT2D eigenvalue weighted by Crippen LogP contribution is 2.26. The van der Waals surface area contributed by atoms with Crippen LogP contribution in [0.2, 0.25) is 0 Å². The van der Waals surface area contributed by atoms with Gasteiger partial charge in [-0.3, -0.25) is 0 Å². The molecule has 1 heterocycles. The third kappa shape index (κ3) is 2.89. The molecule has 2 rings (SSSR count). The summed E-state index contributed by atoms with van der Waals surface area (Å²) < 4.78 is 5.38. The Balaban J connectivity index is 2.22. The van der Waals surface area contributed by atoms with Gasteiger partial charge in [0, 0.05) is 17.7 Å². The maximum Gasteiger partial charge on any atom is 0.122 e. The van der Waals surface area contributed by atoms with Gasteiger partial charge in [0.25, 0.3) is 0 Å². The predicted octanol–water partition coefficient (Wildman–Crippen LogP) is 2.55. The third-order valence-corrected chi connectivity index (χ3v) is 4.06. The molecule has 4 heteroatoms. The highest BCUT2D eigenvalue weighted by molar-refractivity contribution is 7.11. The summed E-state index contributed by atoms with van der Waals surface area (Å²) in [6, 6.07) is 8.11. The van der Waals surface area contributed by atoms with Crippen molar-refractivity contribution in [2.45, 2.75) is 19.8 Å². The third-order valence-electron chi connectivity index (χ3n) is 2.84. The van der Waals surface area contributed by atoms with Crippen molar-refractivity contribution in [3.05, 3.63) is 45.4 Å². The average molecular weight is 262 g/mol. The van der Waals surface area contributed by atoms with Gasteiger partial charge in [0.1, 0.15) is 5.75 Å². The van der Waals surface area contributed by atoms with Crippen LogP contribution in [0.1, 0.15) is 21.1 Å².